The van der Waals surface area contributed by atoms with E-state index in [1.54, 1.807) is 12.1 Å². The molecule has 0 aliphatic carbocycles. The van der Waals surface area contributed by atoms with Gasteiger partial charge in [0.25, 0.3) is 0 Å². The molecule has 0 aromatic heterocycles. The van der Waals surface area contributed by atoms with Crippen molar-refractivity contribution < 1.29 is 18.7 Å². The Labute approximate surface area is 168 Å². The summed E-state index contributed by atoms with van der Waals surface area (Å²) in [6, 6.07) is 7.01. The summed E-state index contributed by atoms with van der Waals surface area (Å²) in [5.41, 5.74) is 0.985. The highest BCUT2D eigenvalue weighted by Gasteiger charge is 2.40. The zero-order valence-corrected chi connectivity index (χ0v) is 16.3. The molecule has 0 radical (unpaired) electrons. The molecule has 9 heteroatoms. The lowest BCUT2D eigenvalue weighted by Crippen LogP contribution is -2.33. The quantitative estimate of drug-likeness (QED) is 0.746. The molecule has 0 spiro atoms. The monoisotopic (exact) mass is 401 g/mol. The van der Waals surface area contributed by atoms with E-state index in [0.29, 0.717) is 29.8 Å². The highest BCUT2D eigenvalue weighted by molar-refractivity contribution is 5.90. The second kappa shape index (κ2) is 7.87. The van der Waals surface area contributed by atoms with E-state index in [4.69, 9.17) is 10.00 Å². The molecular weight excluding hydrogens is 377 g/mol. The van der Waals surface area contributed by atoms with Crippen molar-refractivity contribution in [3.05, 3.63) is 24.0 Å². The fourth-order valence-corrected chi connectivity index (χ4v) is 4.53. The first-order valence-electron chi connectivity index (χ1n) is 9.81. The lowest BCUT2D eigenvalue weighted by molar-refractivity contribution is -0.119. The summed E-state index contributed by atoms with van der Waals surface area (Å²) in [5, 5.41) is 11.5. The van der Waals surface area contributed by atoms with Crippen molar-refractivity contribution >= 4 is 23.4 Å². The molecule has 1 aromatic carbocycles. The summed E-state index contributed by atoms with van der Waals surface area (Å²) < 4.78 is 20.1. The number of ether oxygens (including phenoxy) is 1. The Kier molecular flexibility index (Phi) is 5.28. The van der Waals surface area contributed by atoms with Gasteiger partial charge in [-0.3, -0.25) is 14.6 Å². The minimum absolute atomic E-state index is 0.193. The molecule has 1 N–H and O–H groups in total. The normalized spacial score (nSPS) is 26.4. The number of amides is 2. The van der Waals surface area contributed by atoms with Crippen LogP contribution in [0.3, 0.4) is 0 Å². The van der Waals surface area contributed by atoms with Crippen molar-refractivity contribution in [1.82, 2.24) is 10.2 Å². The molecule has 0 bridgehead atoms. The van der Waals surface area contributed by atoms with Gasteiger partial charge < -0.3 is 15.0 Å². The maximum Gasteiger partial charge on any atom is 0.414 e. The van der Waals surface area contributed by atoms with Crippen molar-refractivity contribution in [3.8, 4) is 6.07 Å². The Morgan fingerprint density at radius 2 is 2.00 bits per heavy atom. The second-order valence-corrected chi connectivity index (χ2v) is 7.97. The number of nitrogens with zero attached hydrogens (tertiary/aromatic N) is 4. The van der Waals surface area contributed by atoms with Gasteiger partial charge in [-0.2, -0.15) is 5.26 Å². The fourth-order valence-electron chi connectivity index (χ4n) is 4.53. The number of hydrogen-bond donors (Lipinski definition) is 1. The minimum atomic E-state index is -0.541. The highest BCUT2D eigenvalue weighted by atomic mass is 19.1. The predicted octanol–water partition coefficient (Wildman–Crippen LogP) is 1.18. The zero-order chi connectivity index (χ0) is 20.5. The molecule has 154 valence electrons. The third-order valence-electron chi connectivity index (χ3n) is 5.89. The first-order valence-corrected chi connectivity index (χ1v) is 9.81. The van der Waals surface area contributed by atoms with E-state index in [2.05, 4.69) is 21.2 Å². The number of nitrogens with one attached hydrogen (secondary N) is 1. The molecule has 4 rings (SSSR count). The first-order chi connectivity index (χ1) is 13.9. The highest BCUT2D eigenvalue weighted by Crippen LogP contribution is 2.36. The number of carbonyl (C=O) groups is 2. The molecule has 2 amide bonds. The van der Waals surface area contributed by atoms with Crippen LogP contribution in [0.5, 0.6) is 0 Å². The molecule has 3 atom stereocenters. The Hall–Kier alpha value is -2.86. The summed E-state index contributed by atoms with van der Waals surface area (Å²) in [6.45, 7) is 5.65. The van der Waals surface area contributed by atoms with E-state index in [-0.39, 0.29) is 24.8 Å². The van der Waals surface area contributed by atoms with Crippen molar-refractivity contribution in [3.63, 3.8) is 0 Å². The van der Waals surface area contributed by atoms with Crippen LogP contribution in [-0.2, 0) is 9.53 Å². The van der Waals surface area contributed by atoms with Crippen LogP contribution in [0.4, 0.5) is 20.6 Å². The summed E-state index contributed by atoms with van der Waals surface area (Å²) in [5.74, 6) is 0.339. The van der Waals surface area contributed by atoms with Crippen LogP contribution in [0.15, 0.2) is 18.2 Å². The molecule has 3 fully saturated rings. The Morgan fingerprint density at radius 1 is 1.28 bits per heavy atom. The number of benzene rings is 1. The van der Waals surface area contributed by atoms with Crippen molar-refractivity contribution in [2.24, 2.45) is 11.8 Å². The molecule has 3 aliphatic rings. The number of nitriles is 1. The van der Waals surface area contributed by atoms with Crippen molar-refractivity contribution in [2.45, 2.75) is 13.0 Å². The third kappa shape index (κ3) is 3.98. The van der Waals surface area contributed by atoms with Gasteiger partial charge in [0, 0.05) is 33.1 Å². The average Bonchev–Trinajstić information content (AvgIpc) is 3.33. The van der Waals surface area contributed by atoms with E-state index in [1.165, 1.54) is 17.9 Å². The largest absolute Gasteiger partial charge is 0.442 e. The van der Waals surface area contributed by atoms with Crippen LogP contribution in [0, 0.1) is 29.0 Å². The maximum atomic E-state index is 14.9. The lowest BCUT2D eigenvalue weighted by atomic mass is 10.0. The number of fused-ring (bicyclic) bond motifs is 1. The maximum absolute atomic E-state index is 14.9. The minimum Gasteiger partial charge on any atom is -0.442 e. The predicted molar refractivity (Wildman–Crippen MR) is 104 cm³/mol. The number of anilines is 2. The molecule has 1 aromatic rings. The van der Waals surface area contributed by atoms with Gasteiger partial charge in [0.05, 0.1) is 37.1 Å². The van der Waals surface area contributed by atoms with Gasteiger partial charge in [0.1, 0.15) is 11.9 Å². The number of cyclic esters (lactones) is 1. The molecule has 3 saturated heterocycles. The van der Waals surface area contributed by atoms with Crippen LogP contribution in [0.2, 0.25) is 0 Å². The lowest BCUT2D eigenvalue weighted by Gasteiger charge is -2.23. The second-order valence-electron chi connectivity index (χ2n) is 7.97. The van der Waals surface area contributed by atoms with Crippen LogP contribution >= 0.6 is 0 Å². The topological polar surface area (TPSA) is 88.9 Å². The summed E-state index contributed by atoms with van der Waals surface area (Å²) in [4.78, 5) is 28.8. The average molecular weight is 401 g/mol. The van der Waals surface area contributed by atoms with E-state index < -0.39 is 12.2 Å². The molecule has 29 heavy (non-hydrogen) atoms. The van der Waals surface area contributed by atoms with Crippen molar-refractivity contribution in [2.75, 3.05) is 55.6 Å². The Morgan fingerprint density at radius 3 is 2.62 bits per heavy atom. The van der Waals surface area contributed by atoms with Gasteiger partial charge in [-0.05, 0) is 30.0 Å². The fraction of sp³-hybridized carbons (Fsp3) is 0.550. The van der Waals surface area contributed by atoms with E-state index in [9.17, 15) is 14.0 Å². The molecule has 3 aliphatic heterocycles. The Balaban J connectivity index is 1.40. The van der Waals surface area contributed by atoms with Gasteiger partial charge in [-0.1, -0.05) is 0 Å². The van der Waals surface area contributed by atoms with Crippen LogP contribution < -0.4 is 15.1 Å². The number of carbonyl (C=O) groups excluding carboxylic acids is 2. The molecule has 3 heterocycles. The van der Waals surface area contributed by atoms with Gasteiger partial charge >= 0.3 is 6.09 Å². The number of hydrogen-bond acceptors (Lipinski definition) is 6. The molecule has 0 saturated carbocycles. The molecule has 0 unspecified atom stereocenters. The zero-order valence-electron chi connectivity index (χ0n) is 16.3. The van der Waals surface area contributed by atoms with E-state index >= 15 is 0 Å². The molecular formula is C20H24FN5O3. The number of rotatable bonds is 5. The smallest absolute Gasteiger partial charge is 0.414 e. The van der Waals surface area contributed by atoms with E-state index in [1.807, 2.05) is 0 Å². The van der Waals surface area contributed by atoms with Gasteiger partial charge in [-0.15, -0.1) is 0 Å². The van der Waals surface area contributed by atoms with Crippen LogP contribution in [0.1, 0.15) is 6.92 Å². The first kappa shape index (κ1) is 19.5. The number of halogens is 1. The summed E-state index contributed by atoms with van der Waals surface area (Å²) in [6.07, 6.45) is -0.996. The van der Waals surface area contributed by atoms with Gasteiger partial charge in [0.15, 0.2) is 0 Å². The van der Waals surface area contributed by atoms with Crippen LogP contribution in [0.25, 0.3) is 0 Å². The third-order valence-corrected chi connectivity index (χ3v) is 5.89. The SMILES string of the molecule is CC(=O)NC[C@H]1CN(c2ccc(N3C[C@H]4CN(CC#N)C[C@H]4C3)c(F)c2)C(=O)O1. The Bertz CT molecular complexity index is 843. The van der Waals surface area contributed by atoms with Crippen molar-refractivity contribution in [1.29, 1.82) is 5.26 Å². The summed E-state index contributed by atoms with van der Waals surface area (Å²) in [7, 11) is 0. The summed E-state index contributed by atoms with van der Waals surface area (Å²) >= 11 is 0. The van der Waals surface area contributed by atoms with Crippen LogP contribution in [-0.4, -0.2) is 68.8 Å². The molecule has 8 nitrogen and oxygen atoms in total. The van der Waals surface area contributed by atoms with E-state index in [0.717, 1.165) is 26.2 Å². The standard InChI is InChI=1S/C20H24FN5O3/c1-13(27)23-7-17-12-26(20(28)29-17)16-2-3-19(18(21)6-16)25-10-14-8-24(5-4-22)9-15(14)11-25/h2-3,6,14-15,17H,5,7-12H2,1H3,(H,23,27)/t14-,15+,17-/m0/s1. The van der Waals surface area contributed by atoms with Gasteiger partial charge in [0.2, 0.25) is 5.91 Å². The van der Waals surface area contributed by atoms with Gasteiger partial charge in [-0.25, -0.2) is 9.18 Å². The number of likely N-dealkylation sites (tertiary alicyclic amines) is 1.